The molecule has 0 aliphatic heterocycles. The van der Waals surface area contributed by atoms with E-state index in [0.717, 1.165) is 0 Å². The smallest absolute Gasteiger partial charge is 0.464 e. The molecule has 12 nitrogen and oxygen atoms in total. The average molecular weight is 504 g/mol. The van der Waals surface area contributed by atoms with Crippen molar-refractivity contribution in [1.82, 2.24) is 8.61 Å². The number of nitrogens with zero attached hydrogens (tertiary/aromatic N) is 4. The van der Waals surface area contributed by atoms with Crippen molar-refractivity contribution in [3.8, 4) is 0 Å². The first-order chi connectivity index (χ1) is 11.9. The highest BCUT2D eigenvalue weighted by Crippen LogP contribution is 3.00. The number of amides is 2. The van der Waals surface area contributed by atoms with Gasteiger partial charge in [0.15, 0.2) is 13.1 Å². The van der Waals surface area contributed by atoms with Gasteiger partial charge < -0.3 is 10.2 Å². The van der Waals surface area contributed by atoms with Crippen molar-refractivity contribution in [2.75, 3.05) is 13.1 Å². The topological polar surface area (TPSA) is 167 Å². The molecule has 0 bridgehead atoms. The van der Waals surface area contributed by atoms with Crippen molar-refractivity contribution in [3.63, 3.8) is 0 Å². The molecule has 0 aromatic carbocycles. The molecule has 0 aliphatic carbocycles. The van der Waals surface area contributed by atoms with Crippen LogP contribution in [-0.2, 0) is 0 Å². The lowest BCUT2D eigenvalue weighted by Gasteiger charge is -2.49. The van der Waals surface area contributed by atoms with Gasteiger partial charge in [0.1, 0.15) is 9.85 Å². The van der Waals surface area contributed by atoms with Crippen LogP contribution < -0.4 is 0 Å². The third-order valence-corrected chi connectivity index (χ3v) is 4.97. The number of halogens is 10. The van der Waals surface area contributed by atoms with Gasteiger partial charge in [-0.15, -0.1) is 0 Å². The van der Waals surface area contributed by atoms with E-state index in [9.17, 15) is 68.7 Å². The summed E-state index contributed by atoms with van der Waals surface area (Å²) in [7, 11) is -23.3. The van der Waals surface area contributed by atoms with E-state index in [-0.39, 0.29) is 0 Å². The minimum Gasteiger partial charge on any atom is -0.464 e. The normalized spacial score (nSPS) is 17.7. The van der Waals surface area contributed by atoms with E-state index in [1.807, 2.05) is 0 Å². The second-order valence-electron chi connectivity index (χ2n) is 4.99. The Hall–Kier alpha value is -2.66. The Balaban J connectivity index is 6.93. The zero-order valence-corrected chi connectivity index (χ0v) is 14.3. The molecule has 29 heavy (non-hydrogen) atoms. The summed E-state index contributed by atoms with van der Waals surface area (Å²) >= 11 is 0. The van der Waals surface area contributed by atoms with E-state index in [0.29, 0.717) is 0 Å². The Kier molecular flexibility index (Phi) is 4.79. The van der Waals surface area contributed by atoms with Gasteiger partial charge in [0, 0.05) is 0 Å². The third-order valence-electron chi connectivity index (χ3n) is 2.73. The van der Waals surface area contributed by atoms with Crippen LogP contribution in [0.5, 0.6) is 0 Å². The van der Waals surface area contributed by atoms with Crippen molar-refractivity contribution < 1.29 is 68.5 Å². The van der Waals surface area contributed by atoms with E-state index in [1.54, 1.807) is 0 Å². The molecule has 0 rings (SSSR count). The van der Waals surface area contributed by atoms with Crippen LogP contribution in [0.25, 0.3) is 0 Å². The maximum absolute atomic E-state index is 12.7. The van der Waals surface area contributed by atoms with E-state index in [1.165, 1.54) is 0 Å². The van der Waals surface area contributed by atoms with Gasteiger partial charge in [0.25, 0.3) is 0 Å². The van der Waals surface area contributed by atoms with Crippen LogP contribution in [0.2, 0.25) is 0 Å². The maximum atomic E-state index is 12.7. The highest BCUT2D eigenvalue weighted by atomic mass is 32.5. The number of hydrogen-bond donors (Lipinski definition) is 2. The fourth-order valence-corrected chi connectivity index (χ4v) is 2.97. The van der Waals surface area contributed by atoms with Crippen LogP contribution in [0.4, 0.5) is 48.4 Å². The fraction of sp³-hybridized carbons (Fsp3) is 0.600. The molecule has 2 amide bonds. The number of nitro groups is 2. The molecule has 0 heterocycles. The van der Waals surface area contributed by atoms with Gasteiger partial charge in [0.05, 0.1) is 0 Å². The lowest BCUT2D eigenvalue weighted by molar-refractivity contribution is -0.793. The first-order valence-corrected chi connectivity index (χ1v) is 9.54. The zero-order valence-electron chi connectivity index (χ0n) is 12.6. The quantitative estimate of drug-likeness (QED) is 0.209. The SMILES string of the molecule is O=C(O)N(CC(CN(C(=O)O)S(F)(F)(F)(F)F)([N+](=O)[O-])[N+](=O)[O-])S(F)(F)(F)(F)F. The summed E-state index contributed by atoms with van der Waals surface area (Å²) in [4.78, 5) is 36.7. The Labute approximate surface area is 150 Å². The second kappa shape index (κ2) is 5.28. The van der Waals surface area contributed by atoms with Crippen LogP contribution in [0.1, 0.15) is 0 Å². The number of carboxylic acid groups (broad SMARTS) is 2. The lowest BCUT2D eigenvalue weighted by Crippen LogP contribution is -2.64. The van der Waals surface area contributed by atoms with Gasteiger partial charge in [-0.25, -0.2) is 9.59 Å². The summed E-state index contributed by atoms with van der Waals surface area (Å²) in [6.45, 7) is -7.62. The molecule has 0 fully saturated rings. The molecule has 0 aromatic heterocycles. The maximum Gasteiger partial charge on any atom is 0.494 e. The highest BCUT2D eigenvalue weighted by Gasteiger charge is 2.79. The molecule has 2 N–H and O–H groups in total. The molecule has 0 aliphatic rings. The van der Waals surface area contributed by atoms with Crippen molar-refractivity contribution in [3.05, 3.63) is 20.2 Å². The van der Waals surface area contributed by atoms with E-state index < -0.39 is 70.2 Å². The monoisotopic (exact) mass is 504 g/mol. The summed E-state index contributed by atoms with van der Waals surface area (Å²) < 4.78 is 120. The van der Waals surface area contributed by atoms with Crippen LogP contribution >= 0.6 is 20.8 Å². The van der Waals surface area contributed by atoms with Crippen molar-refractivity contribution >= 4 is 33.0 Å². The number of rotatable bonds is 8. The molecule has 0 radical (unpaired) electrons. The molecule has 0 atom stereocenters. The number of hydrogen-bond acceptors (Lipinski definition) is 6. The predicted octanol–water partition coefficient (Wildman–Crippen LogP) is 4.62. The average Bonchev–Trinajstić information content (AvgIpc) is 2.30. The molecular formula is C5H6F10N4O8S2. The molecule has 176 valence electrons. The van der Waals surface area contributed by atoms with E-state index in [4.69, 9.17) is 10.2 Å². The van der Waals surface area contributed by atoms with Crippen molar-refractivity contribution in [1.29, 1.82) is 0 Å². The van der Waals surface area contributed by atoms with Crippen LogP contribution in [0.15, 0.2) is 0 Å². The van der Waals surface area contributed by atoms with Crippen molar-refractivity contribution in [2.24, 2.45) is 0 Å². The molecule has 0 saturated heterocycles. The first-order valence-electron chi connectivity index (χ1n) is 5.73. The summed E-state index contributed by atoms with van der Waals surface area (Å²) in [6.07, 6.45) is -7.79. The van der Waals surface area contributed by atoms with Gasteiger partial charge >= 0.3 is 38.7 Å². The summed E-state index contributed by atoms with van der Waals surface area (Å²) in [5.41, 5.74) is -5.48. The van der Waals surface area contributed by atoms with E-state index >= 15 is 0 Å². The standard InChI is InChI=1S/C5H6F10N4O8S2/c6-28(7,8,9,10)16(3(20)21)1-5(18(24)25,19(26)27)2-17(4(22)23)29(11,12,13,14)15/h1-2H2,(H,20,21)(H,22,23). The summed E-state index contributed by atoms with van der Waals surface area (Å²) in [6, 6.07) is 0. The van der Waals surface area contributed by atoms with Crippen LogP contribution in [0, 0.1) is 20.2 Å². The van der Waals surface area contributed by atoms with Crippen LogP contribution in [-0.4, -0.2) is 59.6 Å². The molecule has 0 saturated carbocycles. The first kappa shape index (κ1) is 26.3. The Morgan fingerprint density at radius 3 is 1.03 bits per heavy atom. The van der Waals surface area contributed by atoms with Gasteiger partial charge in [-0.3, -0.25) is 20.2 Å². The minimum atomic E-state index is -11.6. The zero-order chi connectivity index (χ0) is 24.2. The largest absolute Gasteiger partial charge is 0.494 e. The molecule has 24 heteroatoms. The Morgan fingerprint density at radius 1 is 0.724 bits per heavy atom. The summed E-state index contributed by atoms with van der Waals surface area (Å²) in [5, 5.41) is 37.9. The third kappa shape index (κ3) is 6.16. The van der Waals surface area contributed by atoms with E-state index in [2.05, 4.69) is 0 Å². The lowest BCUT2D eigenvalue weighted by atomic mass is 10.2. The molecule has 0 aromatic rings. The number of carbonyl (C=O) groups is 2. The summed E-state index contributed by atoms with van der Waals surface area (Å²) in [5.74, 6) is 0. The fourth-order valence-electron chi connectivity index (χ4n) is 1.48. The van der Waals surface area contributed by atoms with Gasteiger partial charge in [-0.2, -0.15) is 8.61 Å². The predicted molar refractivity (Wildman–Crippen MR) is 72.4 cm³/mol. The molecule has 0 unspecified atom stereocenters. The van der Waals surface area contributed by atoms with Gasteiger partial charge in [-0.05, 0) is 0 Å². The van der Waals surface area contributed by atoms with Crippen LogP contribution in [0.3, 0.4) is 0 Å². The van der Waals surface area contributed by atoms with Gasteiger partial charge in [0.2, 0.25) is 0 Å². The molecule has 0 spiro atoms. The minimum absolute atomic E-state index is 2.86. The van der Waals surface area contributed by atoms with Gasteiger partial charge in [-0.1, -0.05) is 38.9 Å². The molecular weight excluding hydrogens is 498 g/mol. The Bertz CT molecular complexity index is 714. The highest BCUT2D eigenvalue weighted by molar-refractivity contribution is 8.44. The Morgan fingerprint density at radius 2 is 0.931 bits per heavy atom. The second-order valence-corrected chi connectivity index (χ2v) is 9.59. The van der Waals surface area contributed by atoms with Crippen molar-refractivity contribution in [2.45, 2.75) is 5.66 Å².